The van der Waals surface area contributed by atoms with Gasteiger partial charge in [-0.05, 0) is 49.6 Å². The molecule has 0 saturated heterocycles. The van der Waals surface area contributed by atoms with Crippen LogP contribution in [0.5, 0.6) is 0 Å². The van der Waals surface area contributed by atoms with E-state index >= 15 is 0 Å². The largest absolute Gasteiger partial charge is 0.324 e. The Balaban J connectivity index is 1.66. The van der Waals surface area contributed by atoms with Crippen LogP contribution in [0.25, 0.3) is 10.9 Å². The highest BCUT2D eigenvalue weighted by Crippen LogP contribution is 2.32. The van der Waals surface area contributed by atoms with Crippen molar-refractivity contribution >= 4 is 57.5 Å². The highest BCUT2D eigenvalue weighted by Gasteiger charge is 2.29. The van der Waals surface area contributed by atoms with Crippen molar-refractivity contribution in [3.8, 4) is 0 Å². The molecule has 9 heteroatoms. The van der Waals surface area contributed by atoms with Crippen LogP contribution < -0.4 is 15.8 Å². The summed E-state index contributed by atoms with van der Waals surface area (Å²) >= 11 is 7.37. The molecule has 0 bridgehead atoms. The number of aromatic nitrogens is 2. The van der Waals surface area contributed by atoms with E-state index in [1.165, 1.54) is 11.8 Å². The van der Waals surface area contributed by atoms with Gasteiger partial charge in [0.1, 0.15) is 0 Å². The molecule has 1 aromatic heterocycles. The summed E-state index contributed by atoms with van der Waals surface area (Å²) in [6.45, 7) is 6.57. The van der Waals surface area contributed by atoms with E-state index < -0.39 is 0 Å². The number of carbonyl (C=O) groups is 2. The predicted molar refractivity (Wildman–Crippen MR) is 138 cm³/mol. The molecular weight excluding hydrogens is 472 g/mol. The minimum Gasteiger partial charge on any atom is -0.324 e. The number of benzene rings is 2. The van der Waals surface area contributed by atoms with Gasteiger partial charge >= 0.3 is 0 Å². The highest BCUT2D eigenvalue weighted by atomic mass is 35.5. The molecule has 2 heterocycles. The molecule has 2 aromatic carbocycles. The first kappa shape index (κ1) is 24.3. The maximum atomic E-state index is 13.4. The number of hydrogen-bond acceptors (Lipinski definition) is 5. The predicted octanol–water partition coefficient (Wildman–Crippen LogP) is 4.95. The fraction of sp³-hybridized carbons (Fsp3) is 0.360. The summed E-state index contributed by atoms with van der Waals surface area (Å²) in [7, 11) is 0. The fourth-order valence-electron chi connectivity index (χ4n) is 4.03. The molecule has 2 amide bonds. The first-order chi connectivity index (χ1) is 16.2. The Morgan fingerprint density at radius 3 is 2.76 bits per heavy atom. The van der Waals surface area contributed by atoms with Gasteiger partial charge in [0.05, 0.1) is 28.0 Å². The number of nitrogens with one attached hydrogen (secondary N) is 1. The van der Waals surface area contributed by atoms with Gasteiger partial charge in [0.25, 0.3) is 5.56 Å². The van der Waals surface area contributed by atoms with Gasteiger partial charge in [-0.1, -0.05) is 49.3 Å². The summed E-state index contributed by atoms with van der Waals surface area (Å²) in [5.41, 5.74) is 1.65. The van der Waals surface area contributed by atoms with Gasteiger partial charge in [0.15, 0.2) is 5.16 Å². The average Bonchev–Trinajstić information content (AvgIpc) is 2.90. The monoisotopic (exact) mass is 498 g/mol. The van der Waals surface area contributed by atoms with Crippen molar-refractivity contribution in [1.82, 2.24) is 9.55 Å². The second kappa shape index (κ2) is 10.2. The lowest BCUT2D eigenvalue weighted by Gasteiger charge is -2.27. The molecule has 0 radical (unpaired) electrons. The zero-order valence-electron chi connectivity index (χ0n) is 19.4. The Hall–Kier alpha value is -2.84. The van der Waals surface area contributed by atoms with E-state index in [-0.39, 0.29) is 35.6 Å². The Labute approximate surface area is 207 Å². The third-order valence-electron chi connectivity index (χ3n) is 5.77. The maximum Gasteiger partial charge on any atom is 0.262 e. The molecule has 0 saturated carbocycles. The highest BCUT2D eigenvalue weighted by molar-refractivity contribution is 7.99. The van der Waals surface area contributed by atoms with E-state index in [4.69, 9.17) is 16.6 Å². The zero-order valence-corrected chi connectivity index (χ0v) is 20.9. The van der Waals surface area contributed by atoms with E-state index in [0.717, 1.165) is 6.42 Å². The number of nitrogens with zero attached hydrogens (tertiary/aromatic N) is 3. The van der Waals surface area contributed by atoms with Crippen LogP contribution in [0.4, 0.5) is 11.4 Å². The lowest BCUT2D eigenvalue weighted by Crippen LogP contribution is -2.40. The van der Waals surface area contributed by atoms with Crippen LogP contribution >= 0.6 is 23.4 Å². The number of amides is 2. The molecule has 178 valence electrons. The molecule has 3 aromatic rings. The van der Waals surface area contributed by atoms with Crippen LogP contribution in [0.3, 0.4) is 0 Å². The minimum atomic E-state index is -0.303. The molecule has 34 heavy (non-hydrogen) atoms. The first-order valence-electron chi connectivity index (χ1n) is 11.3. The number of anilines is 2. The molecular formula is C25H27ClN4O3S. The van der Waals surface area contributed by atoms with Gasteiger partial charge in [-0.2, -0.15) is 0 Å². The van der Waals surface area contributed by atoms with Crippen molar-refractivity contribution in [3.63, 3.8) is 0 Å². The van der Waals surface area contributed by atoms with Crippen LogP contribution in [0.2, 0.25) is 5.02 Å². The Bertz CT molecular complexity index is 1310. The van der Waals surface area contributed by atoms with Gasteiger partial charge in [-0.15, -0.1) is 0 Å². The van der Waals surface area contributed by atoms with Gasteiger partial charge in [0, 0.05) is 24.0 Å². The molecule has 0 aliphatic carbocycles. The summed E-state index contributed by atoms with van der Waals surface area (Å²) in [6, 6.07) is 12.0. The maximum absolute atomic E-state index is 13.4. The second-order valence-corrected chi connectivity index (χ2v) is 10.2. The zero-order chi connectivity index (χ0) is 24.4. The standard InChI is InChI=1S/C25H27ClN4O3S/c1-15(2)10-11-29-24(33)18-9-8-17(26)13-20(18)28-25(29)34-14-23(32)30-16(3)12-22(31)27-19-6-4-5-7-21(19)30/h4-9,13,15-16H,10-12,14H2,1-3H3,(H,27,31). The third-order valence-corrected chi connectivity index (χ3v) is 6.96. The van der Waals surface area contributed by atoms with Crippen LogP contribution in [-0.4, -0.2) is 33.2 Å². The molecule has 1 aliphatic heterocycles. The number of halogens is 1. The minimum absolute atomic E-state index is 0.0764. The molecule has 4 rings (SSSR count). The topological polar surface area (TPSA) is 84.3 Å². The van der Waals surface area contributed by atoms with Crippen molar-refractivity contribution in [1.29, 1.82) is 0 Å². The fourth-order valence-corrected chi connectivity index (χ4v) is 5.08. The van der Waals surface area contributed by atoms with Crippen molar-refractivity contribution in [2.45, 2.75) is 51.4 Å². The van der Waals surface area contributed by atoms with Gasteiger partial charge < -0.3 is 10.2 Å². The van der Waals surface area contributed by atoms with Gasteiger partial charge in [-0.25, -0.2) is 4.98 Å². The molecule has 1 unspecified atom stereocenters. The number of para-hydroxylation sites is 2. The molecule has 7 nitrogen and oxygen atoms in total. The number of fused-ring (bicyclic) bond motifs is 2. The van der Waals surface area contributed by atoms with Crippen molar-refractivity contribution < 1.29 is 9.59 Å². The number of carbonyl (C=O) groups excluding carboxylic acids is 2. The van der Waals surface area contributed by atoms with Crippen LogP contribution in [-0.2, 0) is 16.1 Å². The third kappa shape index (κ3) is 5.13. The lowest BCUT2D eigenvalue weighted by atomic mass is 10.1. The number of rotatable bonds is 6. The van der Waals surface area contributed by atoms with E-state index in [1.54, 1.807) is 33.7 Å². The Kier molecular flexibility index (Phi) is 7.28. The lowest BCUT2D eigenvalue weighted by molar-refractivity contribution is -0.117. The summed E-state index contributed by atoms with van der Waals surface area (Å²) in [4.78, 5) is 45.3. The van der Waals surface area contributed by atoms with Crippen LogP contribution in [0.1, 0.15) is 33.6 Å². The quantitative estimate of drug-likeness (QED) is 0.384. The second-order valence-electron chi connectivity index (χ2n) is 8.87. The van der Waals surface area contributed by atoms with E-state index in [0.29, 0.717) is 44.9 Å². The van der Waals surface area contributed by atoms with Crippen LogP contribution in [0.15, 0.2) is 52.4 Å². The summed E-state index contributed by atoms with van der Waals surface area (Å²) in [5.74, 6) is 0.204. The molecule has 1 aliphatic rings. The molecule has 0 spiro atoms. The summed E-state index contributed by atoms with van der Waals surface area (Å²) in [6.07, 6.45) is 1.02. The smallest absolute Gasteiger partial charge is 0.262 e. The number of thioether (sulfide) groups is 1. The molecule has 0 fully saturated rings. The van der Waals surface area contributed by atoms with Crippen molar-refractivity contribution in [2.24, 2.45) is 5.92 Å². The Morgan fingerprint density at radius 1 is 1.24 bits per heavy atom. The Morgan fingerprint density at radius 2 is 2.00 bits per heavy atom. The van der Waals surface area contributed by atoms with Crippen LogP contribution in [0, 0.1) is 5.92 Å². The van der Waals surface area contributed by atoms with Crippen molar-refractivity contribution in [2.75, 3.05) is 16.0 Å². The van der Waals surface area contributed by atoms with Crippen molar-refractivity contribution in [3.05, 3.63) is 57.8 Å². The molecule has 1 N–H and O–H groups in total. The SMILES string of the molecule is CC(C)CCn1c(SCC(=O)N2c3ccccc3NC(=O)CC2C)nc2cc(Cl)ccc2c1=O. The first-order valence-corrected chi connectivity index (χ1v) is 12.6. The van der Waals surface area contributed by atoms with Gasteiger partial charge in [-0.3, -0.25) is 19.0 Å². The van der Waals surface area contributed by atoms with Gasteiger partial charge in [0.2, 0.25) is 11.8 Å². The van der Waals surface area contributed by atoms with E-state index in [1.807, 2.05) is 25.1 Å². The summed E-state index contributed by atoms with van der Waals surface area (Å²) < 4.78 is 1.65. The van der Waals surface area contributed by atoms with E-state index in [2.05, 4.69) is 19.2 Å². The normalized spacial score (nSPS) is 15.9. The van der Waals surface area contributed by atoms with E-state index in [9.17, 15) is 14.4 Å². The average molecular weight is 499 g/mol. The number of hydrogen-bond donors (Lipinski definition) is 1. The summed E-state index contributed by atoms with van der Waals surface area (Å²) in [5, 5.41) is 4.36. The molecule has 1 atom stereocenters.